The normalized spacial score (nSPS) is 24.9. The van der Waals surface area contributed by atoms with Gasteiger partial charge in [0.05, 0.1) is 7.11 Å². The molecule has 0 aliphatic carbocycles. The summed E-state index contributed by atoms with van der Waals surface area (Å²) in [6, 6.07) is 7.45. The van der Waals surface area contributed by atoms with Gasteiger partial charge in [0.1, 0.15) is 23.3 Å². The number of amidine groups is 2. The second kappa shape index (κ2) is 5.81. The lowest BCUT2D eigenvalue weighted by atomic mass is 9.79. The van der Waals surface area contributed by atoms with E-state index in [4.69, 9.17) is 4.74 Å². The highest BCUT2D eigenvalue weighted by atomic mass is 16.5. The number of carbonyl (C=O) groups is 2. The summed E-state index contributed by atoms with van der Waals surface area (Å²) < 4.78 is 5.18. The number of methoxy groups -OCH3 is 1. The van der Waals surface area contributed by atoms with Gasteiger partial charge in [-0.05, 0) is 36.3 Å². The molecule has 3 aliphatic heterocycles. The number of hydrogen-bond acceptors (Lipinski definition) is 4. The van der Waals surface area contributed by atoms with Gasteiger partial charge in [0, 0.05) is 18.5 Å². The third kappa shape index (κ3) is 2.50. The number of amides is 2. The van der Waals surface area contributed by atoms with Gasteiger partial charge in [-0.3, -0.25) is 14.5 Å². The maximum absolute atomic E-state index is 12.8. The Morgan fingerprint density at radius 1 is 1.16 bits per heavy atom. The van der Waals surface area contributed by atoms with Crippen LogP contribution in [0.5, 0.6) is 5.75 Å². The van der Waals surface area contributed by atoms with Gasteiger partial charge in [0.2, 0.25) is 5.91 Å². The zero-order valence-corrected chi connectivity index (χ0v) is 14.0. The number of benzene rings is 1. The fraction of sp³-hybridized carbons (Fsp3) is 0.263. The van der Waals surface area contributed by atoms with E-state index in [0.717, 1.165) is 16.9 Å². The molecule has 126 valence electrons. The van der Waals surface area contributed by atoms with E-state index in [1.807, 2.05) is 43.3 Å². The van der Waals surface area contributed by atoms with E-state index < -0.39 is 5.92 Å². The van der Waals surface area contributed by atoms with Gasteiger partial charge in [-0.1, -0.05) is 18.2 Å². The fourth-order valence-electron chi connectivity index (χ4n) is 3.49. The Hall–Kier alpha value is -3.02. The summed E-state index contributed by atoms with van der Waals surface area (Å²) in [7, 11) is 1.60. The molecule has 1 aromatic rings. The first-order valence-electron chi connectivity index (χ1n) is 8.11. The molecular formula is C19H17N3O3. The van der Waals surface area contributed by atoms with E-state index in [9.17, 15) is 9.59 Å². The summed E-state index contributed by atoms with van der Waals surface area (Å²) in [4.78, 5) is 35.2. The molecule has 0 spiro atoms. The highest BCUT2D eigenvalue weighted by molar-refractivity contribution is 6.25. The Labute approximate surface area is 145 Å². The van der Waals surface area contributed by atoms with Gasteiger partial charge >= 0.3 is 0 Å². The van der Waals surface area contributed by atoms with Crippen LogP contribution in [0.3, 0.4) is 0 Å². The van der Waals surface area contributed by atoms with Crippen LogP contribution in [0.1, 0.15) is 24.8 Å². The van der Waals surface area contributed by atoms with Crippen molar-refractivity contribution in [3.63, 3.8) is 0 Å². The summed E-state index contributed by atoms with van der Waals surface area (Å²) >= 11 is 0. The zero-order chi connectivity index (χ0) is 17.6. The van der Waals surface area contributed by atoms with Crippen molar-refractivity contribution in [2.24, 2.45) is 15.9 Å². The van der Waals surface area contributed by atoms with E-state index in [-0.39, 0.29) is 24.2 Å². The first kappa shape index (κ1) is 15.5. The van der Waals surface area contributed by atoms with Crippen molar-refractivity contribution in [1.82, 2.24) is 4.90 Å². The average Bonchev–Trinajstić information content (AvgIpc) is 2.62. The fourth-order valence-corrected chi connectivity index (χ4v) is 3.49. The van der Waals surface area contributed by atoms with Crippen LogP contribution in [0.25, 0.3) is 0 Å². The topological polar surface area (TPSA) is 71.3 Å². The summed E-state index contributed by atoms with van der Waals surface area (Å²) in [6.07, 6.45) is 5.75. The number of rotatable bonds is 2. The van der Waals surface area contributed by atoms with Crippen LogP contribution >= 0.6 is 0 Å². The zero-order valence-electron chi connectivity index (χ0n) is 14.0. The Morgan fingerprint density at radius 3 is 2.64 bits per heavy atom. The van der Waals surface area contributed by atoms with E-state index >= 15 is 0 Å². The number of aliphatic imine (C=N–C) groups is 2. The molecule has 6 heteroatoms. The van der Waals surface area contributed by atoms with Crippen molar-refractivity contribution in [2.75, 3.05) is 7.11 Å². The molecule has 0 bridgehead atoms. The van der Waals surface area contributed by atoms with Gasteiger partial charge in [-0.2, -0.15) is 9.98 Å². The minimum absolute atomic E-state index is 0.198. The molecule has 2 atom stereocenters. The van der Waals surface area contributed by atoms with Crippen LogP contribution in [0.2, 0.25) is 0 Å². The Morgan fingerprint density at radius 2 is 1.92 bits per heavy atom. The summed E-state index contributed by atoms with van der Waals surface area (Å²) in [5.41, 5.74) is 1.78. The molecule has 3 aliphatic rings. The molecule has 0 saturated heterocycles. The number of hydrogen-bond donors (Lipinski definition) is 0. The Kier molecular flexibility index (Phi) is 3.60. The minimum Gasteiger partial charge on any atom is -0.497 e. The molecule has 2 amide bonds. The van der Waals surface area contributed by atoms with Gasteiger partial charge in [0.15, 0.2) is 0 Å². The molecule has 2 unspecified atom stereocenters. The first-order valence-corrected chi connectivity index (χ1v) is 8.11. The highest BCUT2D eigenvalue weighted by Gasteiger charge is 2.45. The largest absolute Gasteiger partial charge is 0.497 e. The maximum Gasteiger partial charge on any atom is 0.259 e. The number of carbonyl (C=O) groups excluding carboxylic acids is 2. The third-order valence-corrected chi connectivity index (χ3v) is 4.75. The van der Waals surface area contributed by atoms with E-state index in [2.05, 4.69) is 9.98 Å². The van der Waals surface area contributed by atoms with Crippen molar-refractivity contribution in [2.45, 2.75) is 19.3 Å². The number of allylic oxidation sites excluding steroid dienone is 2. The lowest BCUT2D eigenvalue weighted by molar-refractivity contribution is -0.122. The van der Waals surface area contributed by atoms with Crippen molar-refractivity contribution < 1.29 is 14.3 Å². The van der Waals surface area contributed by atoms with Crippen LogP contribution in [0.4, 0.5) is 0 Å². The average molecular weight is 335 g/mol. The first-order chi connectivity index (χ1) is 12.1. The Balaban J connectivity index is 1.79. The molecule has 3 heterocycles. The summed E-state index contributed by atoms with van der Waals surface area (Å²) in [6.45, 7) is 1.88. The van der Waals surface area contributed by atoms with E-state index in [1.165, 1.54) is 0 Å². The van der Waals surface area contributed by atoms with Crippen molar-refractivity contribution >= 4 is 23.5 Å². The maximum atomic E-state index is 12.8. The standard InChI is InChI=1S/C19H17N3O3/c1-11-4-3-9-22-17(11)21-19(24)16-14(10-15(23)20-18(16)22)12-5-7-13(25-2)8-6-12/h3-9,14,16H,10H2,1-2H3. The molecule has 0 saturated carbocycles. The monoisotopic (exact) mass is 335 g/mol. The van der Waals surface area contributed by atoms with Crippen LogP contribution in [0.15, 0.2) is 58.2 Å². The van der Waals surface area contributed by atoms with Crippen LogP contribution in [0, 0.1) is 5.92 Å². The summed E-state index contributed by atoms with van der Waals surface area (Å²) in [5.74, 6) is 0.452. The SMILES string of the molecule is COc1ccc(C2CC(=O)N=C3C2C(=O)N=C2C(C)=CC=CN23)cc1. The molecule has 6 nitrogen and oxygen atoms in total. The molecular weight excluding hydrogens is 318 g/mol. The smallest absolute Gasteiger partial charge is 0.259 e. The predicted octanol–water partition coefficient (Wildman–Crippen LogP) is 2.44. The molecule has 0 aromatic heterocycles. The second-order valence-electron chi connectivity index (χ2n) is 6.26. The van der Waals surface area contributed by atoms with Crippen molar-refractivity contribution in [3.05, 3.63) is 53.8 Å². The predicted molar refractivity (Wildman–Crippen MR) is 93.5 cm³/mol. The van der Waals surface area contributed by atoms with Gasteiger partial charge in [0.25, 0.3) is 5.91 Å². The summed E-state index contributed by atoms with van der Waals surface area (Å²) in [5, 5.41) is 0. The van der Waals surface area contributed by atoms with Crippen molar-refractivity contribution in [3.8, 4) is 5.75 Å². The van der Waals surface area contributed by atoms with Crippen LogP contribution < -0.4 is 4.74 Å². The molecule has 1 aromatic carbocycles. The lowest BCUT2D eigenvalue weighted by Crippen LogP contribution is -2.50. The Bertz CT molecular complexity index is 878. The van der Waals surface area contributed by atoms with Gasteiger partial charge in [-0.15, -0.1) is 0 Å². The van der Waals surface area contributed by atoms with Crippen molar-refractivity contribution in [1.29, 1.82) is 0 Å². The lowest BCUT2D eigenvalue weighted by Gasteiger charge is -2.38. The van der Waals surface area contributed by atoms with E-state index in [1.54, 1.807) is 18.2 Å². The van der Waals surface area contributed by atoms with Gasteiger partial charge in [-0.25, -0.2) is 0 Å². The second-order valence-corrected chi connectivity index (χ2v) is 6.26. The van der Waals surface area contributed by atoms with Gasteiger partial charge < -0.3 is 4.74 Å². The highest BCUT2D eigenvalue weighted by Crippen LogP contribution is 2.38. The molecule has 25 heavy (non-hydrogen) atoms. The van der Waals surface area contributed by atoms with Crippen LogP contribution in [-0.2, 0) is 9.59 Å². The third-order valence-electron chi connectivity index (χ3n) is 4.75. The molecule has 4 rings (SSSR count). The quantitative estimate of drug-likeness (QED) is 0.832. The molecule has 0 radical (unpaired) electrons. The molecule has 0 N–H and O–H groups in total. The molecule has 0 fully saturated rings. The number of ether oxygens (including phenoxy) is 1. The van der Waals surface area contributed by atoms with E-state index in [0.29, 0.717) is 11.7 Å². The number of nitrogens with zero attached hydrogens (tertiary/aromatic N) is 3. The van der Waals surface area contributed by atoms with Crippen LogP contribution in [-0.4, -0.2) is 35.5 Å². The minimum atomic E-state index is -0.551. The number of fused-ring (bicyclic) bond motifs is 3.